The molecule has 2 aliphatic carbocycles. The zero-order valence-electron chi connectivity index (χ0n) is 34.3. The van der Waals surface area contributed by atoms with E-state index in [0.29, 0.717) is 29.2 Å². The molecule has 3 heterocycles. The van der Waals surface area contributed by atoms with Gasteiger partial charge in [0, 0.05) is 30.0 Å². The van der Waals surface area contributed by atoms with Gasteiger partial charge in [0.05, 0.1) is 18.3 Å². The van der Waals surface area contributed by atoms with E-state index in [1.807, 2.05) is 45.9 Å². The number of Topliss-reactive ketones (excluding diaryl/α,β-unsaturated/α-hetero) is 1. The molecule has 5 atom stereocenters. The van der Waals surface area contributed by atoms with Crippen LogP contribution in [-0.4, -0.2) is 95.1 Å². The Morgan fingerprint density at radius 1 is 0.898 bits per heavy atom. The second kappa shape index (κ2) is 17.4. The summed E-state index contributed by atoms with van der Waals surface area (Å²) in [7, 11) is 0. The van der Waals surface area contributed by atoms with E-state index >= 15 is 4.79 Å². The van der Waals surface area contributed by atoms with Gasteiger partial charge in [0.25, 0.3) is 11.8 Å². The van der Waals surface area contributed by atoms with Gasteiger partial charge >= 0.3 is 0 Å². The van der Waals surface area contributed by atoms with Gasteiger partial charge in [-0.3, -0.25) is 28.8 Å². The Hall–Kier alpha value is -5.47. The van der Waals surface area contributed by atoms with Crippen molar-refractivity contribution in [1.82, 2.24) is 26.2 Å². The van der Waals surface area contributed by atoms with Crippen molar-refractivity contribution in [2.45, 2.75) is 134 Å². The number of hydrogen-bond acceptors (Lipinski definition) is 10. The summed E-state index contributed by atoms with van der Waals surface area (Å²) >= 11 is 0. The molecule has 0 aromatic heterocycles. The van der Waals surface area contributed by atoms with Crippen LogP contribution >= 0.6 is 0 Å². The van der Waals surface area contributed by atoms with Crippen molar-refractivity contribution in [3.8, 4) is 11.5 Å². The number of nitrogens with one attached hydrogen (secondary N) is 4. The summed E-state index contributed by atoms with van der Waals surface area (Å²) in [5.74, 6) is -2.44. The third kappa shape index (κ3) is 9.55. The minimum Gasteiger partial charge on any atom is -0.454 e. The highest BCUT2D eigenvalue weighted by atomic mass is 16.7. The smallest absolute Gasteiger partial charge is 0.289 e. The van der Waals surface area contributed by atoms with Crippen molar-refractivity contribution >= 4 is 41.0 Å². The quantitative estimate of drug-likeness (QED) is 0.205. The Bertz CT molecular complexity index is 1970. The minimum absolute atomic E-state index is 0.0338. The van der Waals surface area contributed by atoms with Crippen molar-refractivity contribution in [1.29, 1.82) is 0 Å². The highest BCUT2D eigenvalue weighted by Gasteiger charge is 2.56. The van der Waals surface area contributed by atoms with Crippen LogP contribution in [0.5, 0.6) is 11.5 Å². The predicted octanol–water partition coefficient (Wildman–Crippen LogP) is 3.92. The molecule has 5 aliphatic rings. The van der Waals surface area contributed by atoms with Gasteiger partial charge in [-0.2, -0.15) is 0 Å². The first-order chi connectivity index (χ1) is 28.2. The Balaban J connectivity index is 1.15. The largest absolute Gasteiger partial charge is 0.454 e. The number of oxime groups is 1. The molecule has 1 spiro atoms. The summed E-state index contributed by atoms with van der Waals surface area (Å²) in [4.78, 5) is 91.2. The van der Waals surface area contributed by atoms with Crippen LogP contribution < -0.4 is 30.7 Å². The summed E-state index contributed by atoms with van der Waals surface area (Å²) in [6.07, 6.45) is 7.00. The van der Waals surface area contributed by atoms with E-state index in [2.05, 4.69) is 26.4 Å². The van der Waals surface area contributed by atoms with E-state index in [4.69, 9.17) is 14.3 Å². The summed E-state index contributed by atoms with van der Waals surface area (Å²) in [6, 6.07) is 9.83. The van der Waals surface area contributed by atoms with Crippen LogP contribution in [-0.2, 0) is 28.8 Å². The molecule has 3 aliphatic heterocycles. The second-order valence-corrected chi connectivity index (χ2v) is 17.7. The first-order valence-corrected chi connectivity index (χ1v) is 21.0. The molecular formula is C44H56N6O9. The maximum Gasteiger partial charge on any atom is 0.289 e. The molecule has 0 bridgehead atoms. The number of fused-ring (bicyclic) bond motifs is 1. The lowest BCUT2D eigenvalue weighted by molar-refractivity contribution is -0.145. The molecule has 0 radical (unpaired) electrons. The minimum atomic E-state index is -1.14. The summed E-state index contributed by atoms with van der Waals surface area (Å²) in [6.45, 7) is 7.40. The molecule has 5 amide bonds. The van der Waals surface area contributed by atoms with Crippen molar-refractivity contribution < 1.29 is 43.1 Å². The van der Waals surface area contributed by atoms with Crippen molar-refractivity contribution in [2.24, 2.45) is 16.5 Å². The van der Waals surface area contributed by atoms with Crippen LogP contribution in [0.15, 0.2) is 53.7 Å². The van der Waals surface area contributed by atoms with Gasteiger partial charge in [0.15, 0.2) is 17.1 Å². The fraction of sp³-hybridized carbons (Fsp3) is 0.568. The Kier molecular flexibility index (Phi) is 12.3. The van der Waals surface area contributed by atoms with Gasteiger partial charge in [0.2, 0.25) is 30.3 Å². The van der Waals surface area contributed by atoms with E-state index < -0.39 is 64.6 Å². The Morgan fingerprint density at radius 3 is 2.32 bits per heavy atom. The average Bonchev–Trinajstić information content (AvgIpc) is 3.57. The number of carbonyl (C=O) groups is 6. The summed E-state index contributed by atoms with van der Waals surface area (Å²) in [5.41, 5.74) is -0.214. The van der Waals surface area contributed by atoms with Crippen LogP contribution in [0.25, 0.3) is 0 Å². The summed E-state index contributed by atoms with van der Waals surface area (Å²) in [5, 5.41) is 16.0. The fourth-order valence-electron chi connectivity index (χ4n) is 8.55. The van der Waals surface area contributed by atoms with E-state index in [1.54, 1.807) is 30.3 Å². The van der Waals surface area contributed by atoms with Gasteiger partial charge in [-0.1, -0.05) is 76.7 Å². The monoisotopic (exact) mass is 812 g/mol. The molecule has 0 unspecified atom stereocenters. The maximum absolute atomic E-state index is 15.1. The normalized spacial score (nSPS) is 22.7. The molecule has 2 saturated carbocycles. The molecule has 15 nitrogen and oxygen atoms in total. The van der Waals surface area contributed by atoms with Crippen molar-refractivity contribution in [3.63, 3.8) is 0 Å². The number of ether oxygens (including phenoxy) is 2. The zero-order valence-corrected chi connectivity index (χ0v) is 34.3. The van der Waals surface area contributed by atoms with E-state index in [0.717, 1.165) is 50.5 Å². The van der Waals surface area contributed by atoms with E-state index in [1.165, 1.54) is 4.90 Å². The first kappa shape index (κ1) is 41.7. The van der Waals surface area contributed by atoms with E-state index in [-0.39, 0.29) is 50.5 Å². The van der Waals surface area contributed by atoms with Crippen molar-refractivity contribution in [2.75, 3.05) is 13.3 Å². The highest BCUT2D eigenvalue weighted by molar-refractivity contribution is 6.38. The van der Waals surface area contributed by atoms with Crippen LogP contribution in [0.1, 0.15) is 114 Å². The van der Waals surface area contributed by atoms with Crippen LogP contribution in [0.2, 0.25) is 0 Å². The average molecular weight is 813 g/mol. The second-order valence-electron chi connectivity index (χ2n) is 17.7. The lowest BCUT2D eigenvalue weighted by Gasteiger charge is -2.37. The van der Waals surface area contributed by atoms with Gasteiger partial charge in [-0.05, 0) is 73.8 Å². The number of carbonyl (C=O) groups excluding carboxylic acids is 6. The topological polar surface area (TPSA) is 194 Å². The van der Waals surface area contributed by atoms with Gasteiger partial charge in [-0.15, -0.1) is 0 Å². The Morgan fingerprint density at radius 2 is 1.63 bits per heavy atom. The molecule has 4 N–H and O–H groups in total. The van der Waals surface area contributed by atoms with Gasteiger partial charge in [0.1, 0.15) is 18.1 Å². The molecule has 316 valence electrons. The van der Waals surface area contributed by atoms with Crippen LogP contribution in [0, 0.1) is 11.3 Å². The van der Waals surface area contributed by atoms with Gasteiger partial charge in [-0.25, -0.2) is 0 Å². The third-order valence-corrected chi connectivity index (χ3v) is 12.0. The molecule has 15 heteroatoms. The van der Waals surface area contributed by atoms with Crippen LogP contribution in [0.3, 0.4) is 0 Å². The molecule has 59 heavy (non-hydrogen) atoms. The standard InChI is InChI=1S/C44H56N6O9/c1-5-12-30(36(51)41(55)45-29-18-19-29)46-39(53)32-23-44(22-31(49-59-44)28-17-20-33-34(21-28)58-25-57-33)24-50(32)42(56)37(43(2,3)4)48-40(54)35(26-13-8-6-9-14-26)47-38(52)27-15-10-7-11-16-27/h7,10-11,15-17,20-21,26,29-30,32,35,37H,5-6,8-9,12-14,18-19,22-25H2,1-4H3,(H,45,55)(H,46,53)(H,47,52)(H,48,54)/t30-,32-,35-,37+,44+/m0/s1. The number of nitrogens with zero attached hydrogens (tertiary/aromatic N) is 2. The number of rotatable bonds is 14. The molecule has 7 rings (SSSR count). The predicted molar refractivity (Wildman–Crippen MR) is 216 cm³/mol. The number of hydrogen-bond donors (Lipinski definition) is 4. The van der Waals surface area contributed by atoms with E-state index in [9.17, 15) is 24.0 Å². The number of likely N-dealkylation sites (tertiary alicyclic amines) is 1. The first-order valence-electron chi connectivity index (χ1n) is 21.0. The number of benzene rings is 2. The van der Waals surface area contributed by atoms with Crippen molar-refractivity contribution in [3.05, 3.63) is 59.7 Å². The zero-order chi connectivity index (χ0) is 41.9. The summed E-state index contributed by atoms with van der Waals surface area (Å²) < 4.78 is 11.1. The van der Waals surface area contributed by atoms with Crippen LogP contribution in [0.4, 0.5) is 0 Å². The molecule has 3 fully saturated rings. The molecular weight excluding hydrogens is 757 g/mol. The highest BCUT2D eigenvalue weighted by Crippen LogP contribution is 2.41. The molecule has 1 saturated heterocycles. The number of amides is 5. The lowest BCUT2D eigenvalue weighted by Crippen LogP contribution is -2.62. The number of ketones is 1. The maximum atomic E-state index is 15.1. The molecule has 2 aromatic rings. The van der Waals surface area contributed by atoms with Gasteiger partial charge < -0.3 is 40.5 Å². The lowest BCUT2D eigenvalue weighted by atomic mass is 9.82. The fourth-order valence-corrected chi connectivity index (χ4v) is 8.55. The third-order valence-electron chi connectivity index (χ3n) is 12.0. The Labute approximate surface area is 344 Å². The molecule has 2 aromatic carbocycles. The SMILES string of the molecule is CCC[C@H](NC(=O)[C@@H]1C[C@]2(CC(c3ccc4c(c3)OCO4)=NO2)CN1C(=O)[C@@H](NC(=O)[C@@H](NC(=O)c1ccccc1)C1CCCCC1)C(C)(C)C)C(=O)C(=O)NC1CC1.